The molecular weight excluding hydrogens is 589 g/mol. The standard InChI is InChI=1S/C32H33Cl2N5O4/c1-18-20(8-7-12-24(18)37-30(41)28-23(33)17-36-39(2)32(28)42)21-9-6-10-22(29(21)34)25-15-14-19(31(38-25)43-3)16-35-26-11-4-5-13-27(26)40/h6-10,12,14-15,17,26-27,35,40H,4-5,11,13,16H2,1-3H3,(H,37,41)/t26-,27+/m1/s1. The van der Waals surface area contributed by atoms with Gasteiger partial charge >= 0.3 is 0 Å². The van der Waals surface area contributed by atoms with Crippen LogP contribution in [0.3, 0.4) is 0 Å². The van der Waals surface area contributed by atoms with E-state index < -0.39 is 11.5 Å². The fourth-order valence-electron chi connectivity index (χ4n) is 5.43. The number of carbonyl (C=O) groups excluding carboxylic acids is 1. The predicted molar refractivity (Wildman–Crippen MR) is 169 cm³/mol. The molecule has 0 unspecified atom stereocenters. The summed E-state index contributed by atoms with van der Waals surface area (Å²) in [4.78, 5) is 30.3. The summed E-state index contributed by atoms with van der Waals surface area (Å²) in [6, 6.07) is 15.1. The number of aliphatic hydroxyl groups excluding tert-OH is 1. The van der Waals surface area contributed by atoms with Crippen LogP contribution in [-0.4, -0.2) is 45.0 Å². The first-order valence-corrected chi connectivity index (χ1v) is 14.8. The van der Waals surface area contributed by atoms with E-state index in [0.29, 0.717) is 28.8 Å². The van der Waals surface area contributed by atoms with Gasteiger partial charge in [-0.1, -0.05) is 72.4 Å². The first kappa shape index (κ1) is 30.7. The third-order valence-corrected chi connectivity index (χ3v) is 8.58. The number of benzene rings is 2. The summed E-state index contributed by atoms with van der Waals surface area (Å²) in [5, 5.41) is 20.9. The largest absolute Gasteiger partial charge is 0.481 e. The smallest absolute Gasteiger partial charge is 0.280 e. The molecule has 1 aliphatic rings. The Balaban J connectivity index is 1.42. The second-order valence-electron chi connectivity index (χ2n) is 10.6. The minimum absolute atomic E-state index is 0.0264. The highest BCUT2D eigenvalue weighted by Gasteiger charge is 2.23. The number of anilines is 1. The van der Waals surface area contributed by atoms with E-state index in [1.165, 1.54) is 13.2 Å². The van der Waals surface area contributed by atoms with Gasteiger partial charge in [0.05, 0.1) is 35.1 Å². The summed E-state index contributed by atoms with van der Waals surface area (Å²) in [6.45, 7) is 2.40. The molecule has 1 amide bonds. The number of carbonyl (C=O) groups is 1. The minimum Gasteiger partial charge on any atom is -0.481 e. The van der Waals surface area contributed by atoms with E-state index in [1.807, 2.05) is 43.3 Å². The zero-order chi connectivity index (χ0) is 30.7. The highest BCUT2D eigenvalue weighted by molar-refractivity contribution is 6.36. The maximum absolute atomic E-state index is 13.1. The van der Waals surface area contributed by atoms with E-state index in [2.05, 4.69) is 15.7 Å². The molecular formula is C32H33Cl2N5O4. The number of methoxy groups -OCH3 is 1. The predicted octanol–water partition coefficient (Wildman–Crippen LogP) is 5.78. The lowest BCUT2D eigenvalue weighted by molar-refractivity contribution is 0.0901. The maximum Gasteiger partial charge on any atom is 0.280 e. The summed E-state index contributed by atoms with van der Waals surface area (Å²) in [7, 11) is 3.04. The van der Waals surface area contributed by atoms with Gasteiger partial charge in [-0.05, 0) is 43.0 Å². The average Bonchev–Trinajstić information content (AvgIpc) is 3.00. The van der Waals surface area contributed by atoms with Gasteiger partial charge in [0.25, 0.3) is 11.5 Å². The van der Waals surface area contributed by atoms with Crippen LogP contribution in [0.4, 0.5) is 5.69 Å². The van der Waals surface area contributed by atoms with Gasteiger partial charge < -0.3 is 20.5 Å². The molecule has 0 aliphatic heterocycles. The van der Waals surface area contributed by atoms with Crippen molar-refractivity contribution >= 4 is 34.8 Å². The average molecular weight is 623 g/mol. The van der Waals surface area contributed by atoms with E-state index in [1.54, 1.807) is 19.2 Å². The molecule has 9 nitrogen and oxygen atoms in total. The number of halogens is 2. The Kier molecular flexibility index (Phi) is 9.46. The molecule has 2 atom stereocenters. The fraction of sp³-hybridized carbons (Fsp3) is 0.312. The summed E-state index contributed by atoms with van der Waals surface area (Å²) in [5.41, 5.74) is 4.31. The van der Waals surface area contributed by atoms with Crippen molar-refractivity contribution in [3.05, 3.63) is 91.8 Å². The third kappa shape index (κ3) is 6.45. The van der Waals surface area contributed by atoms with Gasteiger partial charge in [0.2, 0.25) is 5.88 Å². The van der Waals surface area contributed by atoms with E-state index >= 15 is 0 Å². The van der Waals surface area contributed by atoms with Crippen LogP contribution in [0.5, 0.6) is 5.88 Å². The lowest BCUT2D eigenvalue weighted by Gasteiger charge is -2.28. The van der Waals surface area contributed by atoms with Gasteiger partial charge in [0, 0.05) is 42.0 Å². The molecule has 2 heterocycles. The lowest BCUT2D eigenvalue weighted by Crippen LogP contribution is -2.41. The van der Waals surface area contributed by atoms with Crippen LogP contribution >= 0.6 is 23.2 Å². The van der Waals surface area contributed by atoms with Crippen LogP contribution in [-0.2, 0) is 13.6 Å². The Hall–Kier alpha value is -3.76. The number of nitrogens with one attached hydrogen (secondary N) is 2. The Labute approximate surface area is 259 Å². The van der Waals surface area contributed by atoms with Crippen molar-refractivity contribution in [3.8, 4) is 28.3 Å². The normalized spacial score (nSPS) is 16.6. The van der Waals surface area contributed by atoms with Crippen molar-refractivity contribution in [2.24, 2.45) is 7.05 Å². The molecule has 2 aromatic heterocycles. The van der Waals surface area contributed by atoms with Crippen molar-refractivity contribution in [2.45, 2.75) is 51.3 Å². The molecule has 0 radical (unpaired) electrons. The molecule has 1 aliphatic carbocycles. The van der Waals surface area contributed by atoms with Crippen LogP contribution in [0.25, 0.3) is 22.4 Å². The number of ether oxygens (including phenoxy) is 1. The zero-order valence-electron chi connectivity index (χ0n) is 24.2. The molecule has 224 valence electrons. The van der Waals surface area contributed by atoms with Crippen LogP contribution < -0.4 is 20.9 Å². The third-order valence-electron chi connectivity index (χ3n) is 7.88. The molecule has 5 rings (SSSR count). The quantitative estimate of drug-likeness (QED) is 0.228. The molecule has 4 aromatic rings. The molecule has 0 spiro atoms. The Morgan fingerprint density at radius 1 is 1.07 bits per heavy atom. The summed E-state index contributed by atoms with van der Waals surface area (Å²) in [6.07, 6.45) is 4.83. The Bertz CT molecular complexity index is 1720. The van der Waals surface area contributed by atoms with Crippen LogP contribution in [0.1, 0.15) is 47.2 Å². The first-order chi connectivity index (χ1) is 20.7. The second kappa shape index (κ2) is 13.3. The van der Waals surface area contributed by atoms with Gasteiger partial charge in [-0.3, -0.25) is 9.59 Å². The van der Waals surface area contributed by atoms with Crippen molar-refractivity contribution in [3.63, 3.8) is 0 Å². The number of pyridine rings is 1. The van der Waals surface area contributed by atoms with Gasteiger partial charge in [-0.2, -0.15) is 5.10 Å². The number of hydrogen-bond donors (Lipinski definition) is 3. The molecule has 0 saturated heterocycles. The molecule has 1 saturated carbocycles. The Morgan fingerprint density at radius 3 is 2.56 bits per heavy atom. The number of aromatic nitrogens is 3. The molecule has 43 heavy (non-hydrogen) atoms. The summed E-state index contributed by atoms with van der Waals surface area (Å²) < 4.78 is 6.69. The van der Waals surface area contributed by atoms with E-state index in [0.717, 1.165) is 58.2 Å². The van der Waals surface area contributed by atoms with Crippen molar-refractivity contribution < 1.29 is 14.6 Å². The summed E-state index contributed by atoms with van der Waals surface area (Å²) >= 11 is 13.1. The SMILES string of the molecule is COc1nc(-c2cccc(-c3cccc(NC(=O)c4c(Cl)cnn(C)c4=O)c3C)c2Cl)ccc1CN[C@@H]1CCCC[C@@H]1O. The second-order valence-corrected chi connectivity index (χ2v) is 11.4. The maximum atomic E-state index is 13.1. The lowest BCUT2D eigenvalue weighted by atomic mass is 9.92. The van der Waals surface area contributed by atoms with Gasteiger partial charge in [-0.25, -0.2) is 9.67 Å². The van der Waals surface area contributed by atoms with Gasteiger partial charge in [-0.15, -0.1) is 0 Å². The highest BCUT2D eigenvalue weighted by Crippen LogP contribution is 2.39. The number of aryl methyl sites for hydroxylation is 1. The molecule has 0 bridgehead atoms. The van der Waals surface area contributed by atoms with E-state index in [9.17, 15) is 14.7 Å². The summed E-state index contributed by atoms with van der Waals surface area (Å²) in [5.74, 6) is -0.143. The highest BCUT2D eigenvalue weighted by atomic mass is 35.5. The van der Waals surface area contributed by atoms with Gasteiger partial charge in [0.1, 0.15) is 5.56 Å². The van der Waals surface area contributed by atoms with E-state index in [-0.39, 0.29) is 22.7 Å². The van der Waals surface area contributed by atoms with Crippen LogP contribution in [0.2, 0.25) is 10.0 Å². The van der Waals surface area contributed by atoms with E-state index in [4.69, 9.17) is 32.9 Å². The number of hydrogen-bond acceptors (Lipinski definition) is 7. The number of amides is 1. The zero-order valence-corrected chi connectivity index (χ0v) is 25.7. The molecule has 11 heteroatoms. The van der Waals surface area contributed by atoms with Crippen molar-refractivity contribution in [1.82, 2.24) is 20.1 Å². The topological polar surface area (TPSA) is 118 Å². The van der Waals surface area contributed by atoms with Crippen LogP contribution in [0, 0.1) is 6.92 Å². The number of nitrogens with zero attached hydrogens (tertiary/aromatic N) is 3. The van der Waals surface area contributed by atoms with Crippen LogP contribution in [0.15, 0.2) is 59.5 Å². The first-order valence-electron chi connectivity index (χ1n) is 14.1. The fourth-order valence-corrected chi connectivity index (χ4v) is 5.97. The monoisotopic (exact) mass is 621 g/mol. The molecule has 1 fully saturated rings. The van der Waals surface area contributed by atoms with Crippen molar-refractivity contribution in [1.29, 1.82) is 0 Å². The van der Waals surface area contributed by atoms with Gasteiger partial charge in [0.15, 0.2) is 0 Å². The Morgan fingerprint density at radius 2 is 1.79 bits per heavy atom. The number of aliphatic hydroxyl groups is 1. The number of rotatable bonds is 8. The van der Waals surface area contributed by atoms with Crippen molar-refractivity contribution in [2.75, 3.05) is 12.4 Å². The minimum atomic E-state index is -0.628. The molecule has 2 aromatic carbocycles. The molecule has 3 N–H and O–H groups in total.